The van der Waals surface area contributed by atoms with E-state index in [1.165, 1.54) is 6.42 Å². The van der Waals surface area contributed by atoms with Crippen LogP contribution in [0.5, 0.6) is 0 Å². The molecule has 2 N–H and O–H groups in total. The number of rotatable bonds is 5. The highest BCUT2D eigenvalue weighted by Crippen LogP contribution is 2.30. The van der Waals surface area contributed by atoms with Gasteiger partial charge in [0, 0.05) is 22.7 Å². The van der Waals surface area contributed by atoms with Crippen LogP contribution >= 0.6 is 0 Å². The van der Waals surface area contributed by atoms with E-state index in [4.69, 9.17) is 0 Å². The molecule has 0 saturated carbocycles. The number of aromatic amines is 1. The van der Waals surface area contributed by atoms with Gasteiger partial charge in [-0.05, 0) is 37.6 Å². The van der Waals surface area contributed by atoms with Crippen molar-refractivity contribution in [3.63, 3.8) is 0 Å². The number of piperidine rings is 1. The lowest BCUT2D eigenvalue weighted by atomic mass is 9.92. The Morgan fingerprint density at radius 2 is 1.65 bits per heavy atom. The number of aromatic nitrogens is 1. The first-order valence-electron chi connectivity index (χ1n) is 9.33. The highest BCUT2D eigenvalue weighted by atomic mass is 16.3. The average molecular weight is 348 g/mol. The van der Waals surface area contributed by atoms with Gasteiger partial charge in [-0.2, -0.15) is 0 Å². The Kier molecular flexibility index (Phi) is 4.87. The minimum absolute atomic E-state index is 0.220. The highest BCUT2D eigenvalue weighted by Gasteiger charge is 2.34. The number of carbonyl (C=O) groups excluding carboxylic acids is 1. The van der Waals surface area contributed by atoms with Gasteiger partial charge in [-0.15, -0.1) is 0 Å². The van der Waals surface area contributed by atoms with Crippen molar-refractivity contribution in [1.82, 2.24) is 9.88 Å². The number of fused-ring (bicyclic) bond motifs is 1. The molecule has 134 valence electrons. The van der Waals surface area contributed by atoms with Gasteiger partial charge in [-0.1, -0.05) is 55.0 Å². The number of carbonyl (C=O) groups is 1. The Hall–Kier alpha value is -2.43. The number of ketones is 1. The van der Waals surface area contributed by atoms with Crippen LogP contribution in [-0.4, -0.2) is 40.0 Å². The van der Waals surface area contributed by atoms with Gasteiger partial charge < -0.3 is 10.1 Å². The Morgan fingerprint density at radius 1 is 0.962 bits per heavy atom. The zero-order valence-electron chi connectivity index (χ0n) is 14.8. The minimum atomic E-state index is -1.09. The lowest BCUT2D eigenvalue weighted by Crippen LogP contribution is -2.43. The third-order valence-electron chi connectivity index (χ3n) is 5.35. The molecule has 1 aliphatic rings. The molecule has 2 heterocycles. The van der Waals surface area contributed by atoms with Crippen molar-refractivity contribution >= 4 is 16.7 Å². The van der Waals surface area contributed by atoms with Crippen LogP contribution in [0.15, 0.2) is 60.8 Å². The van der Waals surface area contributed by atoms with Gasteiger partial charge in [-0.25, -0.2) is 0 Å². The number of nitrogens with zero attached hydrogens (tertiary/aromatic N) is 1. The van der Waals surface area contributed by atoms with Gasteiger partial charge in [-0.3, -0.25) is 9.69 Å². The number of hydrogen-bond donors (Lipinski definition) is 2. The summed E-state index contributed by atoms with van der Waals surface area (Å²) in [5.74, 6) is -0.220. The summed E-state index contributed by atoms with van der Waals surface area (Å²) in [5, 5.41) is 12.0. The summed E-state index contributed by atoms with van der Waals surface area (Å²) in [6.45, 7) is 1.83. The van der Waals surface area contributed by atoms with Crippen molar-refractivity contribution in [2.45, 2.75) is 31.4 Å². The van der Waals surface area contributed by atoms with Crippen LogP contribution in [0.4, 0.5) is 0 Å². The SMILES string of the molecule is O=C(c1c[nH]c2ccccc12)C(O)C(c1ccccc1)N1CCCCC1. The zero-order valence-corrected chi connectivity index (χ0v) is 14.8. The number of para-hydroxylation sites is 1. The summed E-state index contributed by atoms with van der Waals surface area (Å²) < 4.78 is 0. The third-order valence-corrected chi connectivity index (χ3v) is 5.35. The summed E-state index contributed by atoms with van der Waals surface area (Å²) in [6, 6.07) is 17.3. The van der Waals surface area contributed by atoms with Crippen LogP contribution in [0, 0.1) is 0 Å². The fourth-order valence-electron chi connectivity index (χ4n) is 4.02. The highest BCUT2D eigenvalue weighted by molar-refractivity contribution is 6.10. The first-order valence-corrected chi connectivity index (χ1v) is 9.33. The van der Waals surface area contributed by atoms with Crippen molar-refractivity contribution in [2.75, 3.05) is 13.1 Å². The number of H-pyrrole nitrogens is 1. The predicted molar refractivity (Wildman–Crippen MR) is 103 cm³/mol. The van der Waals surface area contributed by atoms with Crippen LogP contribution in [0.1, 0.15) is 41.2 Å². The molecule has 4 nitrogen and oxygen atoms in total. The van der Waals surface area contributed by atoms with E-state index < -0.39 is 6.10 Å². The van der Waals surface area contributed by atoms with Crippen LogP contribution in [0.2, 0.25) is 0 Å². The van der Waals surface area contributed by atoms with Crippen LogP contribution in [0.3, 0.4) is 0 Å². The van der Waals surface area contributed by atoms with Crippen LogP contribution < -0.4 is 0 Å². The van der Waals surface area contributed by atoms with Crippen LogP contribution in [0.25, 0.3) is 10.9 Å². The maximum Gasteiger partial charge on any atom is 0.195 e. The molecule has 0 radical (unpaired) electrons. The largest absolute Gasteiger partial charge is 0.383 e. The molecule has 4 heteroatoms. The quantitative estimate of drug-likeness (QED) is 0.687. The van der Waals surface area contributed by atoms with Gasteiger partial charge in [0.05, 0.1) is 6.04 Å². The molecule has 0 amide bonds. The summed E-state index contributed by atoms with van der Waals surface area (Å²) in [6.07, 6.45) is 4.06. The molecule has 1 aliphatic heterocycles. The lowest BCUT2D eigenvalue weighted by Gasteiger charge is -2.37. The lowest BCUT2D eigenvalue weighted by molar-refractivity contribution is 0.0324. The number of hydrogen-bond acceptors (Lipinski definition) is 3. The molecule has 0 spiro atoms. The predicted octanol–water partition coefficient (Wildman–Crippen LogP) is 3.94. The van der Waals surface area contributed by atoms with E-state index in [-0.39, 0.29) is 11.8 Å². The number of Topliss-reactive ketones (excluding diaryl/α,β-unsaturated/α-hetero) is 1. The number of aliphatic hydroxyl groups is 1. The summed E-state index contributed by atoms with van der Waals surface area (Å²) in [5.41, 5.74) is 2.47. The molecule has 3 aromatic rings. The van der Waals surface area contributed by atoms with E-state index >= 15 is 0 Å². The van der Waals surface area contributed by atoms with E-state index in [0.29, 0.717) is 5.56 Å². The van der Waals surface area contributed by atoms with Gasteiger partial charge in [0.15, 0.2) is 5.78 Å². The summed E-state index contributed by atoms with van der Waals surface area (Å²) in [7, 11) is 0. The van der Waals surface area contributed by atoms with Crippen molar-refractivity contribution < 1.29 is 9.90 Å². The normalized spacial score (nSPS) is 17.9. The van der Waals surface area contributed by atoms with Gasteiger partial charge in [0.25, 0.3) is 0 Å². The van der Waals surface area contributed by atoms with E-state index in [9.17, 15) is 9.90 Å². The monoisotopic (exact) mass is 348 g/mol. The molecule has 1 aromatic heterocycles. The number of nitrogens with one attached hydrogen (secondary N) is 1. The molecule has 2 aromatic carbocycles. The van der Waals surface area contributed by atoms with E-state index in [1.807, 2.05) is 54.6 Å². The maximum atomic E-state index is 13.2. The first kappa shape index (κ1) is 17.0. The van der Waals surface area contributed by atoms with Crippen LogP contribution in [-0.2, 0) is 0 Å². The molecule has 0 bridgehead atoms. The average Bonchev–Trinajstić information content (AvgIpc) is 3.13. The Bertz CT molecular complexity index is 881. The first-order chi connectivity index (χ1) is 12.8. The third kappa shape index (κ3) is 3.18. The second kappa shape index (κ2) is 7.44. The second-order valence-electron chi connectivity index (χ2n) is 7.01. The Labute approximate surface area is 153 Å². The topological polar surface area (TPSA) is 56.3 Å². The molecule has 2 atom stereocenters. The minimum Gasteiger partial charge on any atom is -0.383 e. The zero-order chi connectivity index (χ0) is 17.9. The van der Waals surface area contributed by atoms with E-state index in [2.05, 4.69) is 9.88 Å². The van der Waals surface area contributed by atoms with Gasteiger partial charge >= 0.3 is 0 Å². The number of benzene rings is 2. The molecular weight excluding hydrogens is 324 g/mol. The fraction of sp³-hybridized carbons (Fsp3) is 0.318. The standard InChI is InChI=1S/C22H24N2O2/c25-21(18-15-23-19-12-6-5-11-17(18)19)22(26)20(16-9-3-1-4-10-16)24-13-7-2-8-14-24/h1,3-6,9-12,15,20,22-23,26H,2,7-8,13-14H2. The number of likely N-dealkylation sites (tertiary alicyclic amines) is 1. The maximum absolute atomic E-state index is 13.2. The smallest absolute Gasteiger partial charge is 0.195 e. The van der Waals surface area contributed by atoms with E-state index in [1.54, 1.807) is 6.20 Å². The molecule has 26 heavy (non-hydrogen) atoms. The summed E-state index contributed by atoms with van der Waals surface area (Å²) >= 11 is 0. The Morgan fingerprint density at radius 3 is 2.42 bits per heavy atom. The van der Waals surface area contributed by atoms with Crippen molar-refractivity contribution in [1.29, 1.82) is 0 Å². The van der Waals surface area contributed by atoms with Crippen molar-refractivity contribution in [2.24, 2.45) is 0 Å². The number of aliphatic hydroxyl groups excluding tert-OH is 1. The van der Waals surface area contributed by atoms with Gasteiger partial charge in [0.2, 0.25) is 0 Å². The molecule has 0 aliphatic carbocycles. The molecule has 4 rings (SSSR count). The van der Waals surface area contributed by atoms with E-state index in [0.717, 1.165) is 42.4 Å². The molecule has 1 saturated heterocycles. The molecule has 1 fully saturated rings. The van der Waals surface area contributed by atoms with Crippen molar-refractivity contribution in [3.05, 3.63) is 71.9 Å². The summed E-state index contributed by atoms with van der Waals surface area (Å²) in [4.78, 5) is 18.6. The van der Waals surface area contributed by atoms with Gasteiger partial charge in [0.1, 0.15) is 6.10 Å². The Balaban J connectivity index is 1.69. The fourth-order valence-corrected chi connectivity index (χ4v) is 4.02. The van der Waals surface area contributed by atoms with Crippen molar-refractivity contribution in [3.8, 4) is 0 Å². The molecule has 2 unspecified atom stereocenters. The second-order valence-corrected chi connectivity index (χ2v) is 7.01. The molecular formula is C22H24N2O2.